The van der Waals surface area contributed by atoms with Crippen LogP contribution in [0.25, 0.3) is 10.9 Å². The van der Waals surface area contributed by atoms with Crippen molar-refractivity contribution in [3.05, 3.63) is 36.0 Å². The van der Waals surface area contributed by atoms with Crippen LogP contribution in [0, 0.1) is 5.92 Å². The number of hydrogen-bond acceptors (Lipinski definition) is 4. The van der Waals surface area contributed by atoms with Gasteiger partial charge in [0, 0.05) is 42.7 Å². The Bertz CT molecular complexity index is 780. The minimum absolute atomic E-state index is 0.0810. The van der Waals surface area contributed by atoms with Crippen molar-refractivity contribution in [2.75, 3.05) is 13.6 Å². The first kappa shape index (κ1) is 15.3. The highest BCUT2D eigenvalue weighted by molar-refractivity contribution is 6.10. The maximum Gasteiger partial charge on any atom is 0.311 e. The van der Waals surface area contributed by atoms with Gasteiger partial charge in [-0.3, -0.25) is 14.4 Å². The Morgan fingerprint density at radius 1 is 1.35 bits per heavy atom. The summed E-state index contributed by atoms with van der Waals surface area (Å²) in [7, 11) is 1.65. The van der Waals surface area contributed by atoms with Crippen molar-refractivity contribution in [1.82, 2.24) is 9.88 Å². The number of likely N-dealkylation sites (tertiary alicyclic amines) is 1. The molecule has 2 atom stereocenters. The third kappa shape index (κ3) is 2.84. The lowest BCUT2D eigenvalue weighted by Crippen LogP contribution is -2.29. The van der Waals surface area contributed by atoms with E-state index in [1.807, 2.05) is 24.3 Å². The highest BCUT2D eigenvalue weighted by Crippen LogP contribution is 2.22. The van der Waals surface area contributed by atoms with Crippen molar-refractivity contribution in [3.8, 4) is 0 Å². The van der Waals surface area contributed by atoms with Gasteiger partial charge in [-0.25, -0.2) is 0 Å². The van der Waals surface area contributed by atoms with E-state index in [0.717, 1.165) is 10.9 Å². The first-order valence-electron chi connectivity index (χ1n) is 7.52. The molecule has 23 heavy (non-hydrogen) atoms. The molecule has 1 aliphatic heterocycles. The Morgan fingerprint density at radius 3 is 2.78 bits per heavy atom. The van der Waals surface area contributed by atoms with Gasteiger partial charge in [-0.15, -0.1) is 0 Å². The number of amides is 1. The van der Waals surface area contributed by atoms with Crippen LogP contribution >= 0.6 is 0 Å². The molecule has 0 bridgehead atoms. The summed E-state index contributed by atoms with van der Waals surface area (Å²) in [6.45, 7) is 1.90. The van der Waals surface area contributed by atoms with E-state index in [9.17, 15) is 14.4 Å². The van der Waals surface area contributed by atoms with Gasteiger partial charge in [-0.2, -0.15) is 0 Å². The van der Waals surface area contributed by atoms with Gasteiger partial charge in [-0.1, -0.05) is 18.2 Å². The number of carbonyl (C=O) groups excluding carboxylic acids is 3. The number of nitrogens with one attached hydrogen (secondary N) is 1. The zero-order chi connectivity index (χ0) is 16.6. The van der Waals surface area contributed by atoms with Gasteiger partial charge in [0.05, 0.1) is 5.92 Å². The maximum atomic E-state index is 12.5. The molecule has 0 saturated carbocycles. The highest BCUT2D eigenvalue weighted by Gasteiger charge is 2.35. The van der Waals surface area contributed by atoms with E-state index < -0.39 is 18.0 Å². The van der Waals surface area contributed by atoms with Crippen LogP contribution in [0.1, 0.15) is 23.7 Å². The SMILES string of the molecule is C[C@H](OC(=O)[C@@H]1CC(=O)N(C)C1)C(=O)c1c[nH]c2ccccc12. The highest BCUT2D eigenvalue weighted by atomic mass is 16.5. The molecule has 0 aliphatic carbocycles. The number of aromatic amines is 1. The molecule has 2 aromatic rings. The van der Waals surface area contributed by atoms with Gasteiger partial charge in [0.25, 0.3) is 0 Å². The number of esters is 1. The summed E-state index contributed by atoms with van der Waals surface area (Å²) in [5.74, 6) is -1.33. The van der Waals surface area contributed by atoms with Crippen LogP contribution in [-0.4, -0.2) is 47.2 Å². The molecule has 1 aliphatic rings. The molecular weight excluding hydrogens is 296 g/mol. The van der Waals surface area contributed by atoms with E-state index in [-0.39, 0.29) is 18.1 Å². The monoisotopic (exact) mass is 314 g/mol. The fourth-order valence-electron chi connectivity index (χ4n) is 2.84. The van der Waals surface area contributed by atoms with E-state index in [1.54, 1.807) is 20.2 Å². The molecule has 2 heterocycles. The lowest BCUT2D eigenvalue weighted by Gasteiger charge is -2.15. The van der Waals surface area contributed by atoms with Crippen molar-refractivity contribution in [2.24, 2.45) is 5.92 Å². The molecule has 0 radical (unpaired) electrons. The van der Waals surface area contributed by atoms with Crippen molar-refractivity contribution in [2.45, 2.75) is 19.4 Å². The van der Waals surface area contributed by atoms with Gasteiger partial charge < -0.3 is 14.6 Å². The van der Waals surface area contributed by atoms with Crippen LogP contribution in [0.4, 0.5) is 0 Å². The minimum Gasteiger partial charge on any atom is -0.454 e. The van der Waals surface area contributed by atoms with Crippen LogP contribution in [0.3, 0.4) is 0 Å². The van der Waals surface area contributed by atoms with Gasteiger partial charge in [0.15, 0.2) is 6.10 Å². The first-order chi connectivity index (χ1) is 11.0. The molecule has 3 rings (SSSR count). The Kier molecular flexibility index (Phi) is 3.90. The number of ketones is 1. The number of Topliss-reactive ketones (excluding diaryl/α,β-unsaturated/α-hetero) is 1. The summed E-state index contributed by atoms with van der Waals surface area (Å²) in [6, 6.07) is 7.45. The number of benzene rings is 1. The Hall–Kier alpha value is -2.63. The molecule has 1 aromatic carbocycles. The topological polar surface area (TPSA) is 79.5 Å². The average Bonchev–Trinajstić information content (AvgIpc) is 3.10. The second-order valence-electron chi connectivity index (χ2n) is 5.87. The van der Waals surface area contributed by atoms with Crippen LogP contribution in [0.5, 0.6) is 0 Å². The molecule has 1 N–H and O–H groups in total. The summed E-state index contributed by atoms with van der Waals surface area (Å²) in [6.07, 6.45) is 0.885. The largest absolute Gasteiger partial charge is 0.454 e. The van der Waals surface area contributed by atoms with Crippen molar-refractivity contribution < 1.29 is 19.1 Å². The summed E-state index contributed by atoms with van der Waals surface area (Å²) >= 11 is 0. The summed E-state index contributed by atoms with van der Waals surface area (Å²) in [5, 5.41) is 0.802. The molecule has 1 amide bonds. The van der Waals surface area contributed by atoms with Crippen LogP contribution in [0.15, 0.2) is 30.5 Å². The first-order valence-corrected chi connectivity index (χ1v) is 7.52. The van der Waals surface area contributed by atoms with Gasteiger partial charge >= 0.3 is 5.97 Å². The quantitative estimate of drug-likeness (QED) is 0.689. The van der Waals surface area contributed by atoms with Crippen LogP contribution in [-0.2, 0) is 14.3 Å². The number of aromatic nitrogens is 1. The number of fused-ring (bicyclic) bond motifs is 1. The Morgan fingerprint density at radius 2 is 2.09 bits per heavy atom. The number of H-pyrrole nitrogens is 1. The summed E-state index contributed by atoms with van der Waals surface area (Å²) in [5.41, 5.74) is 1.36. The van der Waals surface area contributed by atoms with Gasteiger partial charge in [0.1, 0.15) is 0 Å². The zero-order valence-corrected chi connectivity index (χ0v) is 13.0. The number of carbonyl (C=O) groups is 3. The predicted octanol–water partition coefficient (Wildman–Crippen LogP) is 1.76. The number of ether oxygens (including phenoxy) is 1. The molecule has 6 nitrogen and oxygen atoms in total. The third-order valence-corrected chi connectivity index (χ3v) is 4.19. The van der Waals surface area contributed by atoms with Crippen molar-refractivity contribution in [3.63, 3.8) is 0 Å². The molecule has 1 aromatic heterocycles. The van der Waals surface area contributed by atoms with E-state index in [0.29, 0.717) is 12.1 Å². The third-order valence-electron chi connectivity index (χ3n) is 4.19. The Labute approximate surface area is 133 Å². The maximum absolute atomic E-state index is 12.5. The number of hydrogen-bond donors (Lipinski definition) is 1. The molecule has 6 heteroatoms. The molecule has 0 unspecified atom stereocenters. The average molecular weight is 314 g/mol. The van der Waals surface area contributed by atoms with E-state index in [4.69, 9.17) is 4.74 Å². The molecule has 120 valence electrons. The fourth-order valence-corrected chi connectivity index (χ4v) is 2.84. The van der Waals surface area contributed by atoms with Crippen LogP contribution < -0.4 is 0 Å². The number of rotatable bonds is 4. The van der Waals surface area contributed by atoms with Crippen molar-refractivity contribution >= 4 is 28.6 Å². The standard InChI is InChI=1S/C17H18N2O4/c1-10(23-17(22)11-7-15(20)19(2)9-11)16(21)13-8-18-14-6-4-3-5-12(13)14/h3-6,8,10-11,18H,7,9H2,1-2H3/t10-,11+/m0/s1. The Balaban J connectivity index is 1.70. The van der Waals surface area contributed by atoms with Gasteiger partial charge in [-0.05, 0) is 13.0 Å². The molecule has 0 spiro atoms. The smallest absolute Gasteiger partial charge is 0.311 e. The molecule has 1 fully saturated rings. The normalized spacial score (nSPS) is 19.1. The minimum atomic E-state index is -0.886. The van der Waals surface area contributed by atoms with Crippen molar-refractivity contribution in [1.29, 1.82) is 0 Å². The number of nitrogens with zero attached hydrogens (tertiary/aromatic N) is 1. The van der Waals surface area contributed by atoms with Crippen LogP contribution in [0.2, 0.25) is 0 Å². The van der Waals surface area contributed by atoms with E-state index in [2.05, 4.69) is 4.98 Å². The van der Waals surface area contributed by atoms with Gasteiger partial charge in [0.2, 0.25) is 11.7 Å². The lowest BCUT2D eigenvalue weighted by molar-refractivity contribution is -0.151. The summed E-state index contributed by atoms with van der Waals surface area (Å²) < 4.78 is 5.28. The predicted molar refractivity (Wildman–Crippen MR) is 83.9 cm³/mol. The summed E-state index contributed by atoms with van der Waals surface area (Å²) in [4.78, 5) is 40.7. The molecular formula is C17H18N2O4. The van der Waals surface area contributed by atoms with E-state index in [1.165, 1.54) is 4.90 Å². The van der Waals surface area contributed by atoms with E-state index >= 15 is 0 Å². The second kappa shape index (κ2) is 5.87. The molecule has 1 saturated heterocycles. The fraction of sp³-hybridized carbons (Fsp3) is 0.353. The second-order valence-corrected chi connectivity index (χ2v) is 5.87. The lowest BCUT2D eigenvalue weighted by atomic mass is 10.1. The zero-order valence-electron chi connectivity index (χ0n) is 13.0. The number of para-hydroxylation sites is 1.